The van der Waals surface area contributed by atoms with E-state index in [0.717, 1.165) is 0 Å². The molecule has 0 N–H and O–H groups in total. The molecule has 2 nitrogen and oxygen atoms in total. The smallest absolute Gasteiger partial charge is 0.0618 e. The van der Waals surface area contributed by atoms with E-state index in [9.17, 15) is 0 Å². The fraction of sp³-hybridized carbons (Fsp3) is 0.188. The first-order valence-corrected chi connectivity index (χ1v) is 13.3. The molecule has 5 heteroatoms. The Hall–Kier alpha value is 0.609. The van der Waals surface area contributed by atoms with Gasteiger partial charge in [-0.2, -0.15) is 0 Å². The fourth-order valence-electron chi connectivity index (χ4n) is 3.82. The summed E-state index contributed by atoms with van der Waals surface area (Å²) in [6.07, 6.45) is 33.3. The minimum Gasteiger partial charge on any atom is -0.381 e. The monoisotopic (exact) mass is 594 g/mol. The van der Waals surface area contributed by atoms with E-state index < -0.39 is 7.92 Å². The Morgan fingerprint density at radius 1 is 0.514 bits per heavy atom. The largest absolute Gasteiger partial charge is 0.381 e. The second-order valence-corrected chi connectivity index (χ2v) is 10.2. The maximum Gasteiger partial charge on any atom is 0.0618 e. The van der Waals surface area contributed by atoms with Gasteiger partial charge in [0.25, 0.3) is 0 Å². The molecule has 0 aromatic heterocycles. The molecule has 1 aromatic rings. The van der Waals surface area contributed by atoms with Crippen molar-refractivity contribution in [1.82, 2.24) is 0 Å². The van der Waals surface area contributed by atoms with Crippen molar-refractivity contribution in [3.05, 3.63) is 156 Å². The molecule has 196 valence electrons. The molecule has 20 radical (unpaired) electrons. The zero-order chi connectivity index (χ0) is 24.9. The number of rotatable bonds is 7. The van der Waals surface area contributed by atoms with Crippen LogP contribution in [0.1, 0.15) is 13.8 Å². The zero-order valence-electron chi connectivity index (χ0n) is 21.7. The average Bonchev–Trinajstić information content (AvgIpc) is 3.73. The van der Waals surface area contributed by atoms with Gasteiger partial charge < -0.3 is 9.47 Å². The van der Waals surface area contributed by atoms with E-state index >= 15 is 0 Å². The number of hydrogen-bond donors (Lipinski definition) is 0. The van der Waals surface area contributed by atoms with Crippen LogP contribution in [0, 0.1) is 126 Å². The van der Waals surface area contributed by atoms with Gasteiger partial charge in [-0.05, 0) is 122 Å². The SMILES string of the molecule is CO[C@@H](C)[C]1[CH][CH][CH][C]1P([C]1[CH][CH][CH][C]1[C@H](C)OC)c1ccccc1.[CH]1[CH][CH][CH][CH]1.[CH]1[CH][CH][CH][CH]1.[Fe].[Fe]. The summed E-state index contributed by atoms with van der Waals surface area (Å²) in [5.74, 6) is 2.55. The number of methoxy groups -OCH3 is 2. The van der Waals surface area contributed by atoms with Gasteiger partial charge in [0.05, 0.1) is 12.2 Å². The van der Waals surface area contributed by atoms with Gasteiger partial charge in [-0.25, -0.2) is 0 Å². The number of ether oxygens (including phenoxy) is 2. The van der Waals surface area contributed by atoms with Crippen LogP contribution < -0.4 is 5.30 Å². The van der Waals surface area contributed by atoms with Crippen LogP contribution in [-0.4, -0.2) is 26.4 Å². The summed E-state index contributed by atoms with van der Waals surface area (Å²) in [5.41, 5.74) is 2.73. The van der Waals surface area contributed by atoms with Crippen molar-refractivity contribution in [3.63, 3.8) is 0 Å². The van der Waals surface area contributed by atoms with Crippen molar-refractivity contribution in [2.24, 2.45) is 0 Å². The summed E-state index contributed by atoms with van der Waals surface area (Å²) < 4.78 is 11.2. The van der Waals surface area contributed by atoms with Gasteiger partial charge in [0, 0.05) is 71.5 Å². The van der Waals surface area contributed by atoms with Crippen LogP contribution in [0.4, 0.5) is 0 Å². The topological polar surface area (TPSA) is 18.5 Å². The van der Waals surface area contributed by atoms with Crippen LogP contribution in [0.25, 0.3) is 0 Å². The van der Waals surface area contributed by atoms with Gasteiger partial charge >= 0.3 is 0 Å². The Kier molecular flexibility index (Phi) is 19.7. The standard InChI is InChI=1S/C22H25O2P.2C5H5.2Fe/c1-16(23-3)19-12-8-14-21(19)25(18-10-6-5-7-11-18)22-15-9-13-20(22)17(2)24-4;2*1-2-4-5-3-1;;/h5-17H,1-4H3;2*1-5H;;/t16-,17-;;;;/m0..../s1. The molecule has 4 aliphatic rings. The molecule has 0 spiro atoms. The van der Waals surface area contributed by atoms with Crippen molar-refractivity contribution in [2.75, 3.05) is 14.2 Å². The molecular weight excluding hydrogens is 559 g/mol. The first-order chi connectivity index (χ1) is 17.2. The predicted octanol–water partition coefficient (Wildman–Crippen LogP) is 6.37. The molecular formula is C32H35Fe2O2P. The van der Waals surface area contributed by atoms with Crippen LogP contribution in [0.3, 0.4) is 0 Å². The van der Waals surface area contributed by atoms with Crippen LogP contribution in [0.5, 0.6) is 0 Å². The summed E-state index contributed by atoms with van der Waals surface area (Å²) in [5, 5.41) is 1.35. The third-order valence-corrected chi connectivity index (χ3v) is 8.43. The second-order valence-electron chi connectivity index (χ2n) is 8.08. The van der Waals surface area contributed by atoms with E-state index in [0.29, 0.717) is 0 Å². The molecule has 0 amide bonds. The van der Waals surface area contributed by atoms with Gasteiger partial charge in [0.1, 0.15) is 0 Å². The van der Waals surface area contributed by atoms with Crippen molar-refractivity contribution >= 4 is 13.2 Å². The fourth-order valence-corrected chi connectivity index (χ4v) is 6.61. The van der Waals surface area contributed by atoms with Gasteiger partial charge in [-0.3, -0.25) is 0 Å². The maximum absolute atomic E-state index is 5.62. The molecule has 4 aliphatic carbocycles. The third-order valence-electron chi connectivity index (χ3n) is 5.84. The molecule has 0 bridgehead atoms. The molecule has 0 saturated heterocycles. The van der Waals surface area contributed by atoms with Gasteiger partial charge in [-0.1, -0.05) is 38.3 Å². The third kappa shape index (κ3) is 11.2. The van der Waals surface area contributed by atoms with E-state index in [1.54, 1.807) is 14.2 Å². The van der Waals surface area contributed by atoms with E-state index in [-0.39, 0.29) is 46.3 Å². The summed E-state index contributed by atoms with van der Waals surface area (Å²) in [6.45, 7) is 4.22. The summed E-state index contributed by atoms with van der Waals surface area (Å²) in [4.78, 5) is 0. The molecule has 2 atom stereocenters. The molecule has 4 saturated carbocycles. The van der Waals surface area contributed by atoms with Crippen molar-refractivity contribution in [1.29, 1.82) is 0 Å². The van der Waals surface area contributed by atoms with Crippen molar-refractivity contribution < 1.29 is 43.6 Å². The molecule has 4 fully saturated rings. The van der Waals surface area contributed by atoms with E-state index in [4.69, 9.17) is 9.47 Å². The second kappa shape index (κ2) is 20.5. The normalized spacial score (nSPS) is 22.4. The van der Waals surface area contributed by atoms with Gasteiger partial charge in [0.15, 0.2) is 0 Å². The minimum atomic E-state index is -0.650. The van der Waals surface area contributed by atoms with E-state index in [2.05, 4.69) is 82.7 Å². The summed E-state index contributed by atoms with van der Waals surface area (Å²) in [6, 6.07) is 10.8. The van der Waals surface area contributed by atoms with Crippen LogP contribution >= 0.6 is 7.92 Å². The molecule has 0 aliphatic heterocycles. The summed E-state index contributed by atoms with van der Waals surface area (Å²) in [7, 11) is 2.89. The van der Waals surface area contributed by atoms with Gasteiger partial charge in [0.2, 0.25) is 0 Å². The number of benzene rings is 1. The van der Waals surface area contributed by atoms with Gasteiger partial charge in [-0.15, -0.1) is 0 Å². The molecule has 0 unspecified atom stereocenters. The molecule has 1 aromatic carbocycles. The number of hydrogen-bond acceptors (Lipinski definition) is 2. The Bertz CT molecular complexity index is 615. The molecule has 5 rings (SSSR count). The van der Waals surface area contributed by atoms with Crippen LogP contribution in [0.15, 0.2) is 30.3 Å². The Labute approximate surface area is 252 Å². The first-order valence-electron chi connectivity index (χ1n) is 11.9. The molecule has 0 heterocycles. The Morgan fingerprint density at radius 2 is 0.865 bits per heavy atom. The minimum absolute atomic E-state index is 0. The van der Waals surface area contributed by atoms with Crippen LogP contribution in [-0.2, 0) is 43.6 Å². The summed E-state index contributed by atoms with van der Waals surface area (Å²) >= 11 is 0. The first kappa shape index (κ1) is 35.6. The van der Waals surface area contributed by atoms with E-state index in [1.165, 1.54) is 28.5 Å². The Morgan fingerprint density at radius 3 is 1.19 bits per heavy atom. The van der Waals surface area contributed by atoms with Crippen molar-refractivity contribution in [2.45, 2.75) is 26.1 Å². The predicted molar refractivity (Wildman–Crippen MR) is 148 cm³/mol. The van der Waals surface area contributed by atoms with Crippen molar-refractivity contribution in [3.8, 4) is 0 Å². The van der Waals surface area contributed by atoms with E-state index in [1.807, 2.05) is 64.2 Å². The van der Waals surface area contributed by atoms with Crippen LogP contribution in [0.2, 0.25) is 0 Å². The average molecular weight is 594 g/mol. The quantitative estimate of drug-likeness (QED) is 0.270. The molecule has 37 heavy (non-hydrogen) atoms. The maximum atomic E-state index is 5.62. The Balaban J connectivity index is 0.000000474. The zero-order valence-corrected chi connectivity index (χ0v) is 24.9.